The lowest BCUT2D eigenvalue weighted by atomic mass is 10.2. The first-order chi connectivity index (χ1) is 9.24. The minimum atomic E-state index is -0.261. The summed E-state index contributed by atoms with van der Waals surface area (Å²) in [4.78, 5) is 15.0. The largest absolute Gasteiger partial charge is 0.337 e. The topological polar surface area (TPSA) is 32.3 Å². The molecule has 108 valence electrons. The highest BCUT2D eigenvalue weighted by atomic mass is 35.5. The highest BCUT2D eigenvalue weighted by molar-refractivity contribution is 7.20. The molecule has 1 aromatic heterocycles. The van der Waals surface area contributed by atoms with Crippen LogP contribution in [0.1, 0.15) is 16.1 Å². The molecule has 0 saturated carbocycles. The Kier molecular flexibility index (Phi) is 4.96. The highest BCUT2D eigenvalue weighted by Gasteiger charge is 2.19. The molecule has 1 fully saturated rings. The summed E-state index contributed by atoms with van der Waals surface area (Å²) in [5.41, 5.74) is 0. The van der Waals surface area contributed by atoms with E-state index in [2.05, 4.69) is 5.32 Å². The number of nitrogens with zero attached hydrogens (tertiary/aromatic N) is 1. The van der Waals surface area contributed by atoms with Crippen LogP contribution in [0.2, 0.25) is 0 Å². The van der Waals surface area contributed by atoms with Gasteiger partial charge in [0.15, 0.2) is 0 Å². The molecule has 0 aliphatic carbocycles. The average Bonchev–Trinajstić information content (AvgIpc) is 2.64. The fraction of sp³-hybridized carbons (Fsp3) is 0.357. The smallest absolute Gasteiger partial charge is 0.264 e. The number of thiophene rings is 1. The number of carbonyl (C=O) groups is 1. The van der Waals surface area contributed by atoms with Gasteiger partial charge >= 0.3 is 0 Å². The van der Waals surface area contributed by atoms with Crippen LogP contribution in [0.3, 0.4) is 0 Å². The number of amides is 1. The summed E-state index contributed by atoms with van der Waals surface area (Å²) in [5, 5.41) is 4.08. The lowest BCUT2D eigenvalue weighted by Crippen LogP contribution is -2.33. The maximum Gasteiger partial charge on any atom is 0.264 e. The van der Waals surface area contributed by atoms with E-state index in [1.165, 1.54) is 23.5 Å². The zero-order chi connectivity index (χ0) is 13.2. The molecular formula is C14H16ClFN2OS. The van der Waals surface area contributed by atoms with Crippen molar-refractivity contribution in [3.05, 3.63) is 35.0 Å². The van der Waals surface area contributed by atoms with Crippen LogP contribution < -0.4 is 5.32 Å². The van der Waals surface area contributed by atoms with Crippen LogP contribution in [0.5, 0.6) is 0 Å². The number of hydrogen-bond donors (Lipinski definition) is 1. The fourth-order valence-electron chi connectivity index (χ4n) is 2.32. The van der Waals surface area contributed by atoms with Crippen molar-refractivity contribution in [3.63, 3.8) is 0 Å². The second-order valence-electron chi connectivity index (χ2n) is 4.69. The van der Waals surface area contributed by atoms with Crippen molar-refractivity contribution in [1.29, 1.82) is 0 Å². The molecule has 1 aromatic carbocycles. The Morgan fingerprint density at radius 1 is 1.25 bits per heavy atom. The molecule has 3 nitrogen and oxygen atoms in total. The van der Waals surface area contributed by atoms with Crippen LogP contribution in [0.4, 0.5) is 4.39 Å². The van der Waals surface area contributed by atoms with Crippen LogP contribution >= 0.6 is 23.7 Å². The van der Waals surface area contributed by atoms with Gasteiger partial charge in [0, 0.05) is 24.3 Å². The van der Waals surface area contributed by atoms with E-state index in [-0.39, 0.29) is 24.1 Å². The third-order valence-electron chi connectivity index (χ3n) is 3.32. The molecule has 6 heteroatoms. The number of rotatable bonds is 1. The third kappa shape index (κ3) is 3.11. The van der Waals surface area contributed by atoms with Crippen molar-refractivity contribution in [2.75, 3.05) is 26.2 Å². The molecule has 1 N–H and O–H groups in total. The number of nitrogens with one attached hydrogen (secondary N) is 1. The molecule has 0 spiro atoms. The minimum Gasteiger partial charge on any atom is -0.337 e. The van der Waals surface area contributed by atoms with Crippen LogP contribution in [0, 0.1) is 5.82 Å². The molecule has 0 radical (unpaired) electrons. The quantitative estimate of drug-likeness (QED) is 0.878. The van der Waals surface area contributed by atoms with Crippen LogP contribution in [0.15, 0.2) is 24.3 Å². The normalized spacial score (nSPS) is 15.8. The van der Waals surface area contributed by atoms with Gasteiger partial charge in [0.25, 0.3) is 5.91 Å². The Morgan fingerprint density at radius 2 is 2.10 bits per heavy atom. The number of fused-ring (bicyclic) bond motifs is 1. The predicted molar refractivity (Wildman–Crippen MR) is 82.4 cm³/mol. The maximum atomic E-state index is 13.2. The molecule has 2 heterocycles. The van der Waals surface area contributed by atoms with Gasteiger partial charge < -0.3 is 10.2 Å². The molecule has 0 unspecified atom stereocenters. The zero-order valence-corrected chi connectivity index (χ0v) is 12.5. The molecule has 1 amide bonds. The van der Waals surface area contributed by atoms with E-state index >= 15 is 0 Å². The van der Waals surface area contributed by atoms with Crippen LogP contribution in [0.25, 0.3) is 10.1 Å². The Hall–Kier alpha value is -1.17. The summed E-state index contributed by atoms with van der Waals surface area (Å²) >= 11 is 1.44. The van der Waals surface area contributed by atoms with E-state index < -0.39 is 0 Å². The van der Waals surface area contributed by atoms with E-state index in [0.29, 0.717) is 4.88 Å². The van der Waals surface area contributed by atoms with Gasteiger partial charge in [0.1, 0.15) is 5.82 Å². The lowest BCUT2D eigenvalue weighted by Gasteiger charge is -2.18. The minimum absolute atomic E-state index is 0. The molecular weight excluding hydrogens is 299 g/mol. The van der Waals surface area contributed by atoms with E-state index in [9.17, 15) is 9.18 Å². The monoisotopic (exact) mass is 314 g/mol. The first-order valence-corrected chi connectivity index (χ1v) is 7.25. The van der Waals surface area contributed by atoms with Crippen molar-refractivity contribution < 1.29 is 9.18 Å². The summed E-state index contributed by atoms with van der Waals surface area (Å²) in [6.45, 7) is 3.32. The Labute approximate surface area is 127 Å². The van der Waals surface area contributed by atoms with Crippen LogP contribution in [-0.2, 0) is 0 Å². The van der Waals surface area contributed by atoms with Crippen molar-refractivity contribution >= 4 is 39.7 Å². The molecule has 1 aliphatic heterocycles. The second-order valence-corrected chi connectivity index (χ2v) is 5.77. The van der Waals surface area contributed by atoms with E-state index in [1.54, 1.807) is 12.1 Å². The summed E-state index contributed by atoms with van der Waals surface area (Å²) in [6, 6.07) is 6.44. The van der Waals surface area contributed by atoms with E-state index in [4.69, 9.17) is 0 Å². The van der Waals surface area contributed by atoms with Gasteiger partial charge in [-0.2, -0.15) is 0 Å². The van der Waals surface area contributed by atoms with Crippen molar-refractivity contribution in [1.82, 2.24) is 10.2 Å². The van der Waals surface area contributed by atoms with E-state index in [1.807, 2.05) is 4.90 Å². The van der Waals surface area contributed by atoms with Crippen molar-refractivity contribution in [2.24, 2.45) is 0 Å². The average molecular weight is 315 g/mol. The van der Waals surface area contributed by atoms with Gasteiger partial charge in [-0.25, -0.2) is 4.39 Å². The van der Waals surface area contributed by atoms with Gasteiger partial charge in [0.2, 0.25) is 0 Å². The number of carbonyl (C=O) groups excluding carboxylic acids is 1. The second kappa shape index (κ2) is 6.52. The molecule has 3 rings (SSSR count). The molecule has 1 saturated heterocycles. The summed E-state index contributed by atoms with van der Waals surface area (Å²) < 4.78 is 14.1. The molecule has 2 aromatic rings. The molecule has 0 atom stereocenters. The van der Waals surface area contributed by atoms with Gasteiger partial charge in [-0.3, -0.25) is 4.79 Å². The number of benzene rings is 1. The predicted octanol–water partition coefficient (Wildman–Crippen LogP) is 2.90. The first kappa shape index (κ1) is 15.2. The van der Waals surface area contributed by atoms with Crippen molar-refractivity contribution in [2.45, 2.75) is 6.42 Å². The van der Waals surface area contributed by atoms with Gasteiger partial charge in [0.05, 0.1) is 4.88 Å². The van der Waals surface area contributed by atoms with Crippen LogP contribution in [-0.4, -0.2) is 37.0 Å². The Balaban J connectivity index is 0.00000147. The van der Waals surface area contributed by atoms with Gasteiger partial charge in [-0.05, 0) is 42.6 Å². The number of hydrogen-bond acceptors (Lipinski definition) is 3. The Bertz CT molecular complexity index is 608. The fourth-order valence-corrected chi connectivity index (χ4v) is 3.34. The molecule has 20 heavy (non-hydrogen) atoms. The SMILES string of the molecule is Cl.O=C(c1cc2cc(F)ccc2s1)N1CCCNCC1. The zero-order valence-electron chi connectivity index (χ0n) is 10.9. The molecule has 0 bridgehead atoms. The van der Waals surface area contributed by atoms with Crippen molar-refractivity contribution in [3.8, 4) is 0 Å². The molecule has 1 aliphatic rings. The maximum absolute atomic E-state index is 13.2. The summed E-state index contributed by atoms with van der Waals surface area (Å²) in [6.07, 6.45) is 0.977. The van der Waals surface area contributed by atoms with E-state index in [0.717, 1.165) is 42.7 Å². The standard InChI is InChI=1S/C14H15FN2OS.ClH/c15-11-2-3-12-10(8-11)9-13(19-12)14(18)17-6-1-4-16-5-7-17;/h2-3,8-9,16H,1,4-7H2;1H. The van der Waals surface area contributed by atoms with Gasteiger partial charge in [-0.1, -0.05) is 0 Å². The lowest BCUT2D eigenvalue weighted by molar-refractivity contribution is 0.0771. The Morgan fingerprint density at radius 3 is 2.95 bits per heavy atom. The summed E-state index contributed by atoms with van der Waals surface area (Å²) in [7, 11) is 0. The first-order valence-electron chi connectivity index (χ1n) is 6.43. The highest BCUT2D eigenvalue weighted by Crippen LogP contribution is 2.27. The third-order valence-corrected chi connectivity index (χ3v) is 4.42. The van der Waals surface area contributed by atoms with Gasteiger partial charge in [-0.15, -0.1) is 23.7 Å². The summed E-state index contributed by atoms with van der Waals surface area (Å²) in [5.74, 6) is -0.200. The number of halogens is 2.